The summed E-state index contributed by atoms with van der Waals surface area (Å²) in [4.78, 5) is 14.3. The van der Waals surface area contributed by atoms with E-state index in [1.807, 2.05) is 0 Å². The Morgan fingerprint density at radius 3 is 2.71 bits per heavy atom. The average Bonchev–Trinajstić information content (AvgIpc) is 2.60. The molecular formula is C20H28N4. The highest BCUT2D eigenvalue weighted by atomic mass is 15.3. The fourth-order valence-electron chi connectivity index (χ4n) is 3.37. The van der Waals surface area contributed by atoms with Gasteiger partial charge in [-0.3, -0.25) is 0 Å². The summed E-state index contributed by atoms with van der Waals surface area (Å²) < 4.78 is 0. The zero-order valence-corrected chi connectivity index (χ0v) is 15.1. The maximum atomic E-state index is 4.90. The summed E-state index contributed by atoms with van der Waals surface area (Å²) in [7, 11) is 0. The van der Waals surface area contributed by atoms with Crippen molar-refractivity contribution in [1.82, 2.24) is 9.97 Å². The first-order valence-corrected chi connectivity index (χ1v) is 9.05. The van der Waals surface area contributed by atoms with Crippen LogP contribution in [0, 0.1) is 12.8 Å². The van der Waals surface area contributed by atoms with Crippen molar-refractivity contribution >= 4 is 11.8 Å². The van der Waals surface area contributed by atoms with E-state index in [-0.39, 0.29) is 0 Å². The summed E-state index contributed by atoms with van der Waals surface area (Å²) in [6, 6.07) is 12.7. The summed E-state index contributed by atoms with van der Waals surface area (Å²) in [5, 5.41) is 0. The number of nitrogens with zero attached hydrogens (tertiary/aromatic N) is 4. The standard InChI is InChI=1S/C20H28N4/c1-4-23(15-18-10-6-5-7-11-18)19-13-17(3)21-20(22-19)24-12-8-9-16(2)14-24/h5-7,10-11,13,16H,4,8-9,12,14-15H2,1-3H3. The van der Waals surface area contributed by atoms with Crippen LogP contribution in [-0.4, -0.2) is 29.6 Å². The van der Waals surface area contributed by atoms with Gasteiger partial charge in [-0.1, -0.05) is 37.3 Å². The van der Waals surface area contributed by atoms with Crippen LogP contribution in [0.2, 0.25) is 0 Å². The lowest BCUT2D eigenvalue weighted by Crippen LogP contribution is -2.36. The fourth-order valence-corrected chi connectivity index (χ4v) is 3.37. The molecule has 0 amide bonds. The molecule has 1 aromatic carbocycles. The highest BCUT2D eigenvalue weighted by Crippen LogP contribution is 2.23. The van der Waals surface area contributed by atoms with Gasteiger partial charge in [0.2, 0.25) is 5.95 Å². The van der Waals surface area contributed by atoms with Gasteiger partial charge in [-0.25, -0.2) is 4.98 Å². The molecule has 1 unspecified atom stereocenters. The number of rotatable bonds is 5. The Bertz CT molecular complexity index is 656. The minimum Gasteiger partial charge on any atom is -0.352 e. The smallest absolute Gasteiger partial charge is 0.227 e. The van der Waals surface area contributed by atoms with Crippen molar-refractivity contribution in [3.8, 4) is 0 Å². The van der Waals surface area contributed by atoms with E-state index in [2.05, 4.69) is 67.0 Å². The van der Waals surface area contributed by atoms with E-state index in [1.54, 1.807) is 0 Å². The van der Waals surface area contributed by atoms with Crippen molar-refractivity contribution < 1.29 is 0 Å². The van der Waals surface area contributed by atoms with Crippen LogP contribution in [0.4, 0.5) is 11.8 Å². The van der Waals surface area contributed by atoms with Crippen LogP contribution in [0.5, 0.6) is 0 Å². The largest absolute Gasteiger partial charge is 0.352 e. The molecule has 24 heavy (non-hydrogen) atoms. The molecule has 1 atom stereocenters. The summed E-state index contributed by atoms with van der Waals surface area (Å²) in [5.41, 5.74) is 2.35. The first-order chi connectivity index (χ1) is 11.7. The van der Waals surface area contributed by atoms with Crippen LogP contribution in [0.1, 0.15) is 37.9 Å². The van der Waals surface area contributed by atoms with Crippen molar-refractivity contribution in [3.05, 3.63) is 47.7 Å². The van der Waals surface area contributed by atoms with E-state index < -0.39 is 0 Å². The van der Waals surface area contributed by atoms with Gasteiger partial charge in [-0.05, 0) is 38.2 Å². The maximum Gasteiger partial charge on any atom is 0.227 e. The third kappa shape index (κ3) is 4.05. The Kier molecular flexibility index (Phi) is 5.34. The number of aromatic nitrogens is 2. The first-order valence-electron chi connectivity index (χ1n) is 9.05. The average molecular weight is 324 g/mol. The number of benzene rings is 1. The molecule has 1 aliphatic heterocycles. The number of aryl methyl sites for hydroxylation is 1. The molecule has 0 saturated carbocycles. The van der Waals surface area contributed by atoms with Gasteiger partial charge >= 0.3 is 0 Å². The number of hydrogen-bond acceptors (Lipinski definition) is 4. The molecule has 1 aromatic heterocycles. The molecule has 1 fully saturated rings. The Morgan fingerprint density at radius 2 is 2.00 bits per heavy atom. The molecule has 4 nitrogen and oxygen atoms in total. The molecular weight excluding hydrogens is 296 g/mol. The van der Waals surface area contributed by atoms with E-state index in [9.17, 15) is 0 Å². The second-order valence-corrected chi connectivity index (χ2v) is 6.86. The quantitative estimate of drug-likeness (QED) is 0.830. The van der Waals surface area contributed by atoms with Gasteiger partial charge in [0.1, 0.15) is 5.82 Å². The Morgan fingerprint density at radius 1 is 1.21 bits per heavy atom. The van der Waals surface area contributed by atoms with E-state index in [0.29, 0.717) is 0 Å². The molecule has 128 valence electrons. The van der Waals surface area contributed by atoms with Crippen molar-refractivity contribution in [2.45, 2.75) is 40.2 Å². The van der Waals surface area contributed by atoms with Gasteiger partial charge in [0.05, 0.1) is 0 Å². The molecule has 2 aromatic rings. The second kappa shape index (κ2) is 7.65. The molecule has 3 rings (SSSR count). The van der Waals surface area contributed by atoms with Crippen LogP contribution in [0.3, 0.4) is 0 Å². The monoisotopic (exact) mass is 324 g/mol. The first kappa shape index (κ1) is 16.7. The van der Waals surface area contributed by atoms with E-state index in [4.69, 9.17) is 9.97 Å². The maximum absolute atomic E-state index is 4.90. The van der Waals surface area contributed by atoms with Crippen LogP contribution in [0.15, 0.2) is 36.4 Å². The lowest BCUT2D eigenvalue weighted by Gasteiger charge is -2.32. The molecule has 0 bridgehead atoms. The molecule has 2 heterocycles. The molecule has 0 N–H and O–H groups in total. The Hall–Kier alpha value is -2.10. The lowest BCUT2D eigenvalue weighted by atomic mass is 10.0. The molecule has 1 saturated heterocycles. The predicted molar refractivity (Wildman–Crippen MR) is 101 cm³/mol. The van der Waals surface area contributed by atoms with Gasteiger partial charge in [0, 0.05) is 37.9 Å². The molecule has 4 heteroatoms. The van der Waals surface area contributed by atoms with Crippen LogP contribution >= 0.6 is 0 Å². The number of anilines is 2. The summed E-state index contributed by atoms with van der Waals surface area (Å²) in [5.74, 6) is 2.64. The summed E-state index contributed by atoms with van der Waals surface area (Å²) in [6.45, 7) is 10.5. The second-order valence-electron chi connectivity index (χ2n) is 6.86. The summed E-state index contributed by atoms with van der Waals surface area (Å²) >= 11 is 0. The van der Waals surface area contributed by atoms with Gasteiger partial charge in [-0.2, -0.15) is 4.98 Å². The SMILES string of the molecule is CCN(Cc1ccccc1)c1cc(C)nc(N2CCCC(C)C2)n1. The Labute approximate surface area is 145 Å². The zero-order chi connectivity index (χ0) is 16.9. The highest BCUT2D eigenvalue weighted by molar-refractivity contribution is 5.46. The van der Waals surface area contributed by atoms with Crippen molar-refractivity contribution in [2.75, 3.05) is 29.4 Å². The fraction of sp³-hybridized carbons (Fsp3) is 0.500. The molecule has 0 spiro atoms. The number of piperidine rings is 1. The molecule has 0 aliphatic carbocycles. The Balaban J connectivity index is 1.83. The predicted octanol–water partition coefficient (Wildman–Crippen LogP) is 4.05. The van der Waals surface area contributed by atoms with Crippen LogP contribution < -0.4 is 9.80 Å². The van der Waals surface area contributed by atoms with Gasteiger partial charge in [0.15, 0.2) is 0 Å². The lowest BCUT2D eigenvalue weighted by molar-refractivity contribution is 0.441. The normalized spacial score (nSPS) is 17.8. The van der Waals surface area contributed by atoms with Gasteiger partial charge in [0.25, 0.3) is 0 Å². The van der Waals surface area contributed by atoms with Crippen molar-refractivity contribution in [1.29, 1.82) is 0 Å². The highest BCUT2D eigenvalue weighted by Gasteiger charge is 2.20. The summed E-state index contributed by atoms with van der Waals surface area (Å²) in [6.07, 6.45) is 2.54. The van der Waals surface area contributed by atoms with E-state index >= 15 is 0 Å². The topological polar surface area (TPSA) is 32.3 Å². The third-order valence-corrected chi connectivity index (χ3v) is 4.69. The number of hydrogen-bond donors (Lipinski definition) is 0. The van der Waals surface area contributed by atoms with Crippen LogP contribution in [-0.2, 0) is 6.54 Å². The third-order valence-electron chi connectivity index (χ3n) is 4.69. The minimum absolute atomic E-state index is 0.720. The van der Waals surface area contributed by atoms with Crippen molar-refractivity contribution in [2.24, 2.45) is 5.92 Å². The molecule has 1 aliphatic rings. The van der Waals surface area contributed by atoms with Gasteiger partial charge < -0.3 is 9.80 Å². The molecule has 0 radical (unpaired) electrons. The van der Waals surface area contributed by atoms with Crippen molar-refractivity contribution in [3.63, 3.8) is 0 Å². The van der Waals surface area contributed by atoms with E-state index in [0.717, 1.165) is 49.6 Å². The van der Waals surface area contributed by atoms with Crippen LogP contribution in [0.25, 0.3) is 0 Å². The van der Waals surface area contributed by atoms with E-state index in [1.165, 1.54) is 18.4 Å². The minimum atomic E-state index is 0.720. The van der Waals surface area contributed by atoms with Gasteiger partial charge in [-0.15, -0.1) is 0 Å². The zero-order valence-electron chi connectivity index (χ0n) is 15.1.